The van der Waals surface area contributed by atoms with Crippen molar-refractivity contribution in [2.45, 2.75) is 24.3 Å². The minimum atomic E-state index is -0.320. The lowest BCUT2D eigenvalue weighted by Gasteiger charge is -2.36. The lowest BCUT2D eigenvalue weighted by molar-refractivity contribution is -0.137. The fourth-order valence-electron chi connectivity index (χ4n) is 4.40. The van der Waals surface area contributed by atoms with Gasteiger partial charge in [0, 0.05) is 44.0 Å². The van der Waals surface area contributed by atoms with Crippen LogP contribution in [-0.4, -0.2) is 65.1 Å². The van der Waals surface area contributed by atoms with Gasteiger partial charge in [0.2, 0.25) is 11.8 Å². The second-order valence-electron chi connectivity index (χ2n) is 8.17. The van der Waals surface area contributed by atoms with E-state index < -0.39 is 0 Å². The molecule has 0 saturated carbocycles. The van der Waals surface area contributed by atoms with E-state index in [1.54, 1.807) is 26.8 Å². The molecule has 4 rings (SSSR count). The Kier molecular flexibility index (Phi) is 6.32. The SMILES string of the molecule is CC(c1ccccc1)N1CC(C(=O)N2CCN(C(=O)c3ccccc3S)CC2)CC1=O. The van der Waals surface area contributed by atoms with Gasteiger partial charge >= 0.3 is 0 Å². The average Bonchev–Trinajstić information content (AvgIpc) is 3.20. The van der Waals surface area contributed by atoms with Gasteiger partial charge in [-0.1, -0.05) is 42.5 Å². The van der Waals surface area contributed by atoms with Crippen LogP contribution in [0.2, 0.25) is 0 Å². The number of amides is 3. The number of carbonyl (C=O) groups excluding carboxylic acids is 3. The number of hydrogen-bond donors (Lipinski definition) is 1. The summed E-state index contributed by atoms with van der Waals surface area (Å²) >= 11 is 4.38. The Balaban J connectivity index is 1.34. The minimum absolute atomic E-state index is 0.0119. The quantitative estimate of drug-likeness (QED) is 0.749. The molecule has 2 aromatic rings. The van der Waals surface area contributed by atoms with Crippen LogP contribution in [0.25, 0.3) is 0 Å². The average molecular weight is 438 g/mol. The second-order valence-corrected chi connectivity index (χ2v) is 8.65. The van der Waals surface area contributed by atoms with Gasteiger partial charge in [-0.25, -0.2) is 0 Å². The molecule has 2 fully saturated rings. The third-order valence-corrected chi connectivity index (χ3v) is 6.66. The van der Waals surface area contributed by atoms with Crippen molar-refractivity contribution in [3.05, 3.63) is 65.7 Å². The van der Waals surface area contributed by atoms with Crippen molar-refractivity contribution in [2.75, 3.05) is 32.7 Å². The van der Waals surface area contributed by atoms with Crippen molar-refractivity contribution in [1.29, 1.82) is 0 Å². The number of benzene rings is 2. The third-order valence-electron chi connectivity index (χ3n) is 6.27. The first-order valence-electron chi connectivity index (χ1n) is 10.7. The topological polar surface area (TPSA) is 60.9 Å². The summed E-state index contributed by atoms with van der Waals surface area (Å²) in [5.74, 6) is -0.345. The molecule has 2 atom stereocenters. The molecular formula is C24H27N3O3S. The number of nitrogens with zero attached hydrogens (tertiary/aromatic N) is 3. The zero-order valence-electron chi connectivity index (χ0n) is 17.6. The van der Waals surface area contributed by atoms with E-state index in [1.165, 1.54) is 0 Å². The molecular weight excluding hydrogens is 410 g/mol. The summed E-state index contributed by atoms with van der Waals surface area (Å²) in [4.78, 5) is 44.5. The summed E-state index contributed by atoms with van der Waals surface area (Å²) < 4.78 is 0. The van der Waals surface area contributed by atoms with Crippen molar-refractivity contribution in [3.63, 3.8) is 0 Å². The van der Waals surface area contributed by atoms with E-state index in [9.17, 15) is 14.4 Å². The molecule has 31 heavy (non-hydrogen) atoms. The first kappa shape index (κ1) is 21.4. The summed E-state index contributed by atoms with van der Waals surface area (Å²) in [6, 6.07) is 17.1. The lowest BCUT2D eigenvalue weighted by atomic mass is 10.1. The smallest absolute Gasteiger partial charge is 0.255 e. The molecule has 2 aliphatic heterocycles. The molecule has 6 nitrogen and oxygen atoms in total. The molecule has 0 aromatic heterocycles. The number of carbonyl (C=O) groups is 3. The normalized spacial score (nSPS) is 20.1. The molecule has 7 heteroatoms. The highest BCUT2D eigenvalue weighted by atomic mass is 32.1. The van der Waals surface area contributed by atoms with Crippen LogP contribution >= 0.6 is 12.6 Å². The molecule has 2 saturated heterocycles. The predicted octanol–water partition coefficient (Wildman–Crippen LogP) is 2.87. The molecule has 0 bridgehead atoms. The molecule has 2 aromatic carbocycles. The van der Waals surface area contributed by atoms with Crippen LogP contribution in [0.5, 0.6) is 0 Å². The van der Waals surface area contributed by atoms with Gasteiger partial charge in [-0.15, -0.1) is 12.6 Å². The first-order valence-corrected chi connectivity index (χ1v) is 11.1. The number of rotatable bonds is 4. The van der Waals surface area contributed by atoms with Gasteiger partial charge in [-0.3, -0.25) is 14.4 Å². The van der Waals surface area contributed by atoms with E-state index in [1.807, 2.05) is 49.4 Å². The van der Waals surface area contributed by atoms with Crippen LogP contribution in [-0.2, 0) is 9.59 Å². The summed E-state index contributed by atoms with van der Waals surface area (Å²) in [7, 11) is 0. The van der Waals surface area contributed by atoms with Crippen molar-refractivity contribution in [1.82, 2.24) is 14.7 Å². The van der Waals surface area contributed by atoms with Gasteiger partial charge in [0.15, 0.2) is 0 Å². The van der Waals surface area contributed by atoms with Crippen molar-refractivity contribution < 1.29 is 14.4 Å². The van der Waals surface area contributed by atoms with Gasteiger partial charge in [0.05, 0.1) is 17.5 Å². The Morgan fingerprint density at radius 3 is 2.23 bits per heavy atom. The molecule has 0 radical (unpaired) electrons. The summed E-state index contributed by atoms with van der Waals surface area (Å²) in [6.45, 7) is 4.38. The zero-order chi connectivity index (χ0) is 22.0. The third kappa shape index (κ3) is 4.46. The Morgan fingerprint density at radius 2 is 1.55 bits per heavy atom. The number of thiol groups is 1. The van der Waals surface area contributed by atoms with Gasteiger partial charge in [-0.05, 0) is 24.6 Å². The van der Waals surface area contributed by atoms with Crippen LogP contribution < -0.4 is 0 Å². The standard InChI is InChI=1S/C24H27N3O3S/c1-17(18-7-3-2-4-8-18)27-16-19(15-22(27)28)23(29)25-11-13-26(14-12-25)24(30)20-9-5-6-10-21(20)31/h2-10,17,19,31H,11-16H2,1H3. The first-order chi connectivity index (χ1) is 15.0. The van der Waals surface area contributed by atoms with E-state index in [0.717, 1.165) is 5.56 Å². The Morgan fingerprint density at radius 1 is 0.935 bits per heavy atom. The Hall–Kier alpha value is -2.80. The summed E-state index contributed by atoms with van der Waals surface area (Å²) in [5, 5.41) is 0. The maximum absolute atomic E-state index is 13.1. The Bertz CT molecular complexity index is 973. The Labute approximate surface area is 188 Å². The summed E-state index contributed by atoms with van der Waals surface area (Å²) in [6.07, 6.45) is 0.252. The van der Waals surface area contributed by atoms with Gasteiger partial charge in [0.1, 0.15) is 0 Å². The van der Waals surface area contributed by atoms with Crippen LogP contribution in [0, 0.1) is 5.92 Å². The van der Waals surface area contributed by atoms with Crippen LogP contribution in [0.15, 0.2) is 59.5 Å². The van der Waals surface area contributed by atoms with E-state index in [0.29, 0.717) is 43.2 Å². The van der Waals surface area contributed by atoms with Crippen molar-refractivity contribution >= 4 is 30.4 Å². The molecule has 0 spiro atoms. The van der Waals surface area contributed by atoms with Gasteiger partial charge in [0.25, 0.3) is 5.91 Å². The molecule has 0 N–H and O–H groups in total. The summed E-state index contributed by atoms with van der Waals surface area (Å²) in [5.41, 5.74) is 1.65. The monoisotopic (exact) mass is 437 g/mol. The van der Waals surface area contributed by atoms with Crippen LogP contribution in [0.4, 0.5) is 0 Å². The fraction of sp³-hybridized carbons (Fsp3) is 0.375. The highest BCUT2D eigenvalue weighted by Crippen LogP contribution is 2.29. The van der Waals surface area contributed by atoms with Gasteiger partial charge < -0.3 is 14.7 Å². The maximum atomic E-state index is 13.1. The zero-order valence-corrected chi connectivity index (χ0v) is 18.5. The second kappa shape index (κ2) is 9.14. The molecule has 0 aliphatic carbocycles. The molecule has 2 unspecified atom stereocenters. The molecule has 2 heterocycles. The van der Waals surface area contributed by atoms with Crippen molar-refractivity contribution in [2.24, 2.45) is 5.92 Å². The van der Waals surface area contributed by atoms with Gasteiger partial charge in [-0.2, -0.15) is 0 Å². The largest absolute Gasteiger partial charge is 0.339 e. The molecule has 162 valence electrons. The minimum Gasteiger partial charge on any atom is -0.339 e. The van der Waals surface area contributed by atoms with E-state index in [4.69, 9.17) is 0 Å². The fourth-order valence-corrected chi connectivity index (χ4v) is 4.65. The van der Waals surface area contributed by atoms with E-state index >= 15 is 0 Å². The van der Waals surface area contributed by atoms with Crippen LogP contribution in [0.1, 0.15) is 35.3 Å². The van der Waals surface area contributed by atoms with Crippen LogP contribution in [0.3, 0.4) is 0 Å². The van der Waals surface area contributed by atoms with E-state index in [-0.39, 0.29) is 36.1 Å². The molecule has 2 aliphatic rings. The number of hydrogen-bond acceptors (Lipinski definition) is 4. The number of likely N-dealkylation sites (tertiary alicyclic amines) is 1. The number of piperazine rings is 1. The lowest BCUT2D eigenvalue weighted by Crippen LogP contribution is -2.52. The molecule has 3 amide bonds. The highest BCUT2D eigenvalue weighted by Gasteiger charge is 2.39. The highest BCUT2D eigenvalue weighted by molar-refractivity contribution is 7.80. The maximum Gasteiger partial charge on any atom is 0.255 e. The predicted molar refractivity (Wildman–Crippen MR) is 121 cm³/mol. The van der Waals surface area contributed by atoms with Crippen molar-refractivity contribution in [3.8, 4) is 0 Å². The van der Waals surface area contributed by atoms with E-state index in [2.05, 4.69) is 12.6 Å².